The Labute approximate surface area is 227 Å². The number of rotatable bonds is 7. The van der Waals surface area contributed by atoms with E-state index >= 15 is 0 Å². The number of halogens is 1. The number of ether oxygens (including phenoxy) is 1. The van der Waals surface area contributed by atoms with Crippen LogP contribution in [0.5, 0.6) is 5.75 Å². The lowest BCUT2D eigenvalue weighted by molar-refractivity contribution is -0.130. The fraction of sp³-hybridized carbons (Fsp3) is 0.154. The minimum absolute atomic E-state index is 0.0917. The third kappa shape index (κ3) is 5.39. The standard InChI is InChI=1S/C26H21ClN4O2S3/c1-33-21-13-7-18(8-14-21)23-15-22(17-5-3-2-4-6-17)28-31(23)24(32)16-35-25-29-30(26(34)36-25)20-11-9-19(27)10-12-20/h2-14,23H,15-16H2,1H3/t23-/m0/s1. The Morgan fingerprint density at radius 2 is 1.83 bits per heavy atom. The highest BCUT2D eigenvalue weighted by atomic mass is 35.5. The minimum atomic E-state index is -0.191. The average Bonchev–Trinajstić information content (AvgIpc) is 3.52. The van der Waals surface area contributed by atoms with E-state index in [0.29, 0.717) is 15.4 Å². The second kappa shape index (κ2) is 11.0. The summed E-state index contributed by atoms with van der Waals surface area (Å²) in [7, 11) is 1.64. The first-order valence-corrected chi connectivity index (χ1v) is 13.7. The molecule has 3 aromatic carbocycles. The molecule has 36 heavy (non-hydrogen) atoms. The SMILES string of the molecule is COc1ccc([C@@H]2CC(c3ccccc3)=NN2C(=O)CSc2nn(-c3ccc(Cl)cc3)c(=S)s2)cc1. The fourth-order valence-corrected chi connectivity index (χ4v) is 6.22. The van der Waals surface area contributed by atoms with Crippen LogP contribution in [0.1, 0.15) is 23.6 Å². The van der Waals surface area contributed by atoms with Gasteiger partial charge in [0.15, 0.2) is 8.29 Å². The van der Waals surface area contributed by atoms with E-state index < -0.39 is 0 Å². The van der Waals surface area contributed by atoms with Gasteiger partial charge in [0.2, 0.25) is 0 Å². The van der Waals surface area contributed by atoms with Crippen LogP contribution in [0.25, 0.3) is 5.69 Å². The molecule has 1 amide bonds. The number of methoxy groups -OCH3 is 1. The molecule has 0 spiro atoms. The molecule has 1 atom stereocenters. The lowest BCUT2D eigenvalue weighted by Gasteiger charge is -2.22. The van der Waals surface area contributed by atoms with E-state index in [0.717, 1.165) is 32.6 Å². The summed E-state index contributed by atoms with van der Waals surface area (Å²) in [4.78, 5) is 13.4. The largest absolute Gasteiger partial charge is 0.497 e. The van der Waals surface area contributed by atoms with Crippen LogP contribution in [0.15, 0.2) is 88.3 Å². The third-order valence-corrected chi connectivity index (χ3v) is 8.30. The van der Waals surface area contributed by atoms with Crippen LogP contribution in [-0.4, -0.2) is 39.3 Å². The number of carbonyl (C=O) groups is 1. The van der Waals surface area contributed by atoms with Crippen molar-refractivity contribution in [1.29, 1.82) is 0 Å². The van der Waals surface area contributed by atoms with Crippen LogP contribution in [0.2, 0.25) is 5.02 Å². The number of benzene rings is 3. The molecule has 182 valence electrons. The molecule has 0 aliphatic carbocycles. The molecular formula is C26H21ClN4O2S3. The smallest absolute Gasteiger partial charge is 0.253 e. The molecule has 0 radical (unpaired) electrons. The van der Waals surface area contributed by atoms with E-state index in [1.165, 1.54) is 23.1 Å². The maximum atomic E-state index is 13.4. The number of carbonyl (C=O) groups excluding carboxylic acids is 1. The molecule has 0 fully saturated rings. The van der Waals surface area contributed by atoms with Crippen molar-refractivity contribution in [1.82, 2.24) is 14.8 Å². The zero-order valence-electron chi connectivity index (χ0n) is 19.2. The molecule has 0 bridgehead atoms. The molecule has 0 saturated heterocycles. The first kappa shape index (κ1) is 24.7. The first-order valence-electron chi connectivity index (χ1n) is 11.1. The lowest BCUT2D eigenvalue weighted by Crippen LogP contribution is -2.28. The van der Waals surface area contributed by atoms with Crippen molar-refractivity contribution >= 4 is 58.5 Å². The predicted octanol–water partition coefficient (Wildman–Crippen LogP) is 6.80. The van der Waals surface area contributed by atoms with Gasteiger partial charge in [0.05, 0.1) is 30.3 Å². The molecule has 2 heterocycles. The van der Waals surface area contributed by atoms with Crippen molar-refractivity contribution in [3.63, 3.8) is 0 Å². The Morgan fingerprint density at radius 1 is 1.11 bits per heavy atom. The normalized spacial score (nSPS) is 15.1. The molecule has 0 unspecified atom stereocenters. The Morgan fingerprint density at radius 3 is 2.53 bits per heavy atom. The number of hydrogen-bond acceptors (Lipinski definition) is 7. The Bertz CT molecular complexity index is 1450. The van der Waals surface area contributed by atoms with Gasteiger partial charge in [0, 0.05) is 11.4 Å². The fourth-order valence-electron chi connectivity index (χ4n) is 3.89. The second-order valence-corrected chi connectivity index (χ2v) is 11.2. The number of nitrogens with zero attached hydrogens (tertiary/aromatic N) is 4. The van der Waals surface area contributed by atoms with Gasteiger partial charge in [0.1, 0.15) is 5.75 Å². The van der Waals surface area contributed by atoms with Gasteiger partial charge < -0.3 is 4.74 Å². The van der Waals surface area contributed by atoms with Crippen molar-refractivity contribution in [2.24, 2.45) is 5.10 Å². The maximum absolute atomic E-state index is 13.4. The van der Waals surface area contributed by atoms with E-state index in [-0.39, 0.29) is 17.7 Å². The Hall–Kier alpha value is -2.98. The van der Waals surface area contributed by atoms with Crippen LogP contribution in [0.4, 0.5) is 0 Å². The maximum Gasteiger partial charge on any atom is 0.253 e. The third-order valence-electron chi connectivity index (χ3n) is 5.69. The molecule has 10 heteroatoms. The summed E-state index contributed by atoms with van der Waals surface area (Å²) < 4.78 is 8.31. The summed E-state index contributed by atoms with van der Waals surface area (Å²) in [5.41, 5.74) is 3.73. The first-order chi connectivity index (χ1) is 17.5. The topological polar surface area (TPSA) is 59.7 Å². The summed E-state index contributed by atoms with van der Waals surface area (Å²) >= 11 is 14.2. The summed E-state index contributed by atoms with van der Waals surface area (Å²) in [6.07, 6.45) is 0.636. The van der Waals surface area contributed by atoms with Crippen LogP contribution in [-0.2, 0) is 4.79 Å². The molecule has 5 rings (SSSR count). The lowest BCUT2D eigenvalue weighted by atomic mass is 9.98. The van der Waals surface area contributed by atoms with Gasteiger partial charge in [-0.1, -0.05) is 77.2 Å². The minimum Gasteiger partial charge on any atom is -0.497 e. The van der Waals surface area contributed by atoms with Gasteiger partial charge in [-0.05, 0) is 59.7 Å². The zero-order valence-corrected chi connectivity index (χ0v) is 22.4. The van der Waals surface area contributed by atoms with E-state index in [2.05, 4.69) is 5.10 Å². The average molecular weight is 553 g/mol. The highest BCUT2D eigenvalue weighted by molar-refractivity contribution is 8.01. The van der Waals surface area contributed by atoms with Gasteiger partial charge in [-0.2, -0.15) is 5.10 Å². The van der Waals surface area contributed by atoms with E-state index in [4.69, 9.17) is 33.7 Å². The molecule has 4 aromatic rings. The van der Waals surface area contributed by atoms with Crippen LogP contribution in [0.3, 0.4) is 0 Å². The van der Waals surface area contributed by atoms with Crippen molar-refractivity contribution in [3.8, 4) is 11.4 Å². The van der Waals surface area contributed by atoms with Crippen molar-refractivity contribution < 1.29 is 9.53 Å². The summed E-state index contributed by atoms with van der Waals surface area (Å²) in [6, 6.07) is 24.9. The second-order valence-electron chi connectivity index (χ2n) is 7.95. The highest BCUT2D eigenvalue weighted by Gasteiger charge is 2.33. The monoisotopic (exact) mass is 552 g/mol. The molecule has 6 nitrogen and oxygen atoms in total. The Balaban J connectivity index is 1.36. The quantitative estimate of drug-likeness (QED) is 0.186. The molecular weight excluding hydrogens is 532 g/mol. The van der Waals surface area contributed by atoms with E-state index in [1.54, 1.807) is 28.9 Å². The number of hydrazone groups is 1. The van der Waals surface area contributed by atoms with Gasteiger partial charge in [-0.25, -0.2) is 9.69 Å². The number of aromatic nitrogens is 2. The molecule has 1 aliphatic heterocycles. The summed E-state index contributed by atoms with van der Waals surface area (Å²) in [5.74, 6) is 0.874. The number of amides is 1. The summed E-state index contributed by atoms with van der Waals surface area (Å²) in [6.45, 7) is 0. The molecule has 0 N–H and O–H groups in total. The van der Waals surface area contributed by atoms with E-state index in [1.807, 2.05) is 66.7 Å². The van der Waals surface area contributed by atoms with Crippen molar-refractivity contribution in [3.05, 3.63) is 99.0 Å². The zero-order chi connectivity index (χ0) is 25.1. The highest BCUT2D eigenvalue weighted by Crippen LogP contribution is 2.35. The van der Waals surface area contributed by atoms with Gasteiger partial charge in [-0.15, -0.1) is 5.10 Å². The van der Waals surface area contributed by atoms with Crippen LogP contribution < -0.4 is 4.74 Å². The molecule has 0 saturated carbocycles. The van der Waals surface area contributed by atoms with Crippen molar-refractivity contribution in [2.45, 2.75) is 16.8 Å². The van der Waals surface area contributed by atoms with Gasteiger partial charge >= 0.3 is 0 Å². The van der Waals surface area contributed by atoms with E-state index in [9.17, 15) is 4.79 Å². The Kier molecular flexibility index (Phi) is 7.52. The van der Waals surface area contributed by atoms with Crippen LogP contribution in [0, 0.1) is 3.95 Å². The van der Waals surface area contributed by atoms with Gasteiger partial charge in [0.25, 0.3) is 5.91 Å². The predicted molar refractivity (Wildman–Crippen MR) is 148 cm³/mol. The number of hydrogen-bond donors (Lipinski definition) is 0. The number of thioether (sulfide) groups is 1. The van der Waals surface area contributed by atoms with Crippen molar-refractivity contribution in [2.75, 3.05) is 12.9 Å². The summed E-state index contributed by atoms with van der Waals surface area (Å²) in [5, 5.41) is 11.6. The van der Waals surface area contributed by atoms with Gasteiger partial charge in [-0.3, -0.25) is 4.79 Å². The molecule has 1 aromatic heterocycles. The molecule has 1 aliphatic rings. The van der Waals surface area contributed by atoms with Crippen LogP contribution >= 0.6 is 46.9 Å².